The maximum atomic E-state index is 13.9. The number of aliphatic hydroxyl groups is 2. The number of amides is 2. The van der Waals surface area contributed by atoms with Crippen LogP contribution in [0.2, 0.25) is 0 Å². The minimum Gasteiger partial charge on any atom is -0.482 e. The van der Waals surface area contributed by atoms with Gasteiger partial charge in [-0.15, -0.1) is 0 Å². The Kier molecular flexibility index (Phi) is 13.4. The molecule has 0 aromatic heterocycles. The van der Waals surface area contributed by atoms with Crippen LogP contribution < -0.4 is 10.1 Å². The molecular weight excluding hydrogens is 635 g/mol. The van der Waals surface area contributed by atoms with Crippen molar-refractivity contribution >= 4 is 34.4 Å². The van der Waals surface area contributed by atoms with Gasteiger partial charge in [-0.2, -0.15) is 0 Å². The zero-order chi connectivity index (χ0) is 30.1. The van der Waals surface area contributed by atoms with Crippen molar-refractivity contribution in [2.45, 2.75) is 91.1 Å². The summed E-state index contributed by atoms with van der Waals surface area (Å²) in [6.45, 7) is 11.2. The number of para-hydroxylation sites is 1. The van der Waals surface area contributed by atoms with E-state index in [9.17, 15) is 19.8 Å². The van der Waals surface area contributed by atoms with Crippen molar-refractivity contribution in [1.29, 1.82) is 0 Å². The Morgan fingerprint density at radius 3 is 2.56 bits per heavy atom. The van der Waals surface area contributed by atoms with E-state index in [1.807, 2.05) is 24.3 Å². The molecule has 3 N–H and O–H groups in total. The molecule has 1 aromatic rings. The Bertz CT molecular complexity index is 1030. The average Bonchev–Trinajstić information content (AvgIpc) is 2.93. The molecule has 0 aliphatic heterocycles. The minimum atomic E-state index is -1.05. The summed E-state index contributed by atoms with van der Waals surface area (Å²) in [7, 11) is 0. The third kappa shape index (κ3) is 9.66. The molecule has 3 rings (SSSR count). The second-order valence-corrected chi connectivity index (χ2v) is 13.6. The zero-order valence-corrected chi connectivity index (χ0v) is 27.4. The summed E-state index contributed by atoms with van der Waals surface area (Å²) in [4.78, 5) is 28.6. The molecule has 1 fully saturated rings. The van der Waals surface area contributed by atoms with Crippen LogP contribution in [0.1, 0.15) is 66.7 Å². The van der Waals surface area contributed by atoms with Crippen molar-refractivity contribution in [2.24, 2.45) is 23.7 Å². The van der Waals surface area contributed by atoms with Gasteiger partial charge in [0.05, 0.1) is 22.3 Å². The van der Waals surface area contributed by atoms with Gasteiger partial charge in [-0.05, 0) is 83.7 Å². The highest BCUT2D eigenvalue weighted by molar-refractivity contribution is 14.1. The highest BCUT2D eigenvalue weighted by atomic mass is 127. The van der Waals surface area contributed by atoms with E-state index >= 15 is 0 Å². The lowest BCUT2D eigenvalue weighted by Crippen LogP contribution is -2.56. The monoisotopic (exact) mass is 684 g/mol. The number of carbonyl (C=O) groups is 2. The summed E-state index contributed by atoms with van der Waals surface area (Å²) in [5.41, 5.74) is 0.425. The van der Waals surface area contributed by atoms with E-state index in [0.717, 1.165) is 22.8 Å². The maximum absolute atomic E-state index is 13.9. The molecule has 8 nitrogen and oxygen atoms in total. The highest BCUT2D eigenvalue weighted by Crippen LogP contribution is 2.36. The van der Waals surface area contributed by atoms with E-state index in [1.54, 1.807) is 11.0 Å². The van der Waals surface area contributed by atoms with Crippen molar-refractivity contribution in [1.82, 2.24) is 10.2 Å². The van der Waals surface area contributed by atoms with Gasteiger partial charge in [0.25, 0.3) is 0 Å². The van der Waals surface area contributed by atoms with Crippen LogP contribution in [0, 0.1) is 27.2 Å². The number of hydrogen-bond donors (Lipinski definition) is 3. The quantitative estimate of drug-likeness (QED) is 0.263. The summed E-state index contributed by atoms with van der Waals surface area (Å²) in [6, 6.07) is 6.83. The molecule has 41 heavy (non-hydrogen) atoms. The third-order valence-electron chi connectivity index (χ3n) is 8.36. The molecule has 9 heteroatoms. The van der Waals surface area contributed by atoms with Crippen LogP contribution in [0.15, 0.2) is 35.9 Å². The summed E-state index contributed by atoms with van der Waals surface area (Å²) in [5, 5.41) is 23.6. The predicted molar refractivity (Wildman–Crippen MR) is 168 cm³/mol. The van der Waals surface area contributed by atoms with Crippen LogP contribution in [0.3, 0.4) is 0 Å². The smallest absolute Gasteiger partial charge is 0.248 e. The number of ether oxygens (including phenoxy) is 2. The summed E-state index contributed by atoms with van der Waals surface area (Å²) < 4.78 is 13.5. The fourth-order valence-electron chi connectivity index (χ4n) is 5.91. The topological polar surface area (TPSA) is 108 Å². The maximum Gasteiger partial charge on any atom is 0.248 e. The minimum absolute atomic E-state index is 0.0295. The number of nitrogens with zero attached hydrogens (tertiary/aromatic N) is 1. The zero-order valence-electron chi connectivity index (χ0n) is 25.2. The number of hydrogen-bond acceptors (Lipinski definition) is 6. The lowest BCUT2D eigenvalue weighted by molar-refractivity contribution is -0.148. The fraction of sp³-hybridized carbons (Fsp3) is 0.688. The summed E-state index contributed by atoms with van der Waals surface area (Å²) in [5.74, 6) is 1.88. The Morgan fingerprint density at radius 2 is 1.90 bits per heavy atom. The number of nitrogens with one attached hydrogen (secondary N) is 1. The van der Waals surface area contributed by atoms with Crippen molar-refractivity contribution in [3.8, 4) is 5.75 Å². The van der Waals surface area contributed by atoms with Gasteiger partial charge in [-0.25, -0.2) is 0 Å². The third-order valence-corrected chi connectivity index (χ3v) is 9.26. The van der Waals surface area contributed by atoms with E-state index < -0.39 is 18.2 Å². The summed E-state index contributed by atoms with van der Waals surface area (Å²) in [6.07, 6.45) is 3.96. The molecule has 0 unspecified atom stereocenters. The van der Waals surface area contributed by atoms with Gasteiger partial charge in [0.15, 0.2) is 0 Å². The van der Waals surface area contributed by atoms with Crippen molar-refractivity contribution < 1.29 is 29.3 Å². The molecule has 0 spiro atoms. The van der Waals surface area contributed by atoms with Gasteiger partial charge >= 0.3 is 0 Å². The molecule has 2 amide bonds. The van der Waals surface area contributed by atoms with Crippen molar-refractivity contribution in [2.75, 3.05) is 26.3 Å². The van der Waals surface area contributed by atoms with Crippen molar-refractivity contribution in [3.63, 3.8) is 0 Å². The standard InChI is InChI=1S/C32H49IN2O6/c1-20(2)12-14-35(30(37)19-40-28-16-22(5)10-11-24(28)21(3)4)26-17-23(32(39)34-13-15-36)18-29(31(26)38)41-27-9-7-6-8-25(27)33/h6-9,18,20-22,24,26,28-29,31,36,38H,10-17,19H2,1-5H3,(H,34,39)/t22-,24+,26+,28-,29-,31-/m0/s1. The number of aliphatic hydroxyl groups excluding tert-OH is 2. The number of carbonyl (C=O) groups excluding carboxylic acids is 2. The number of halogens is 1. The van der Waals surface area contributed by atoms with Gasteiger partial charge < -0.3 is 29.9 Å². The largest absolute Gasteiger partial charge is 0.482 e. The molecule has 2 aliphatic carbocycles. The molecule has 1 saturated carbocycles. The Labute approximate surface area is 259 Å². The SMILES string of the molecule is CC(C)CCN(C(=O)CO[C@H]1C[C@@H](C)CC[C@@H]1C(C)C)[C@@H]1CC(C(=O)NCCO)=C[C@H](Oc2ccccc2I)[C@H]1O. The number of rotatable bonds is 13. The van der Waals surface area contributed by atoms with Crippen LogP contribution in [0.5, 0.6) is 5.75 Å². The molecule has 0 heterocycles. The molecule has 6 atom stereocenters. The van der Waals surface area contributed by atoms with E-state index in [1.165, 1.54) is 6.42 Å². The molecule has 0 radical (unpaired) electrons. The first-order valence-electron chi connectivity index (χ1n) is 15.1. The van der Waals surface area contributed by atoms with Crippen LogP contribution in [0.4, 0.5) is 0 Å². The van der Waals surface area contributed by atoms with Gasteiger partial charge in [-0.3, -0.25) is 9.59 Å². The normalized spacial score (nSPS) is 26.5. The fourth-order valence-corrected chi connectivity index (χ4v) is 6.42. The van der Waals surface area contributed by atoms with E-state index in [0.29, 0.717) is 41.5 Å². The van der Waals surface area contributed by atoms with E-state index in [2.05, 4.69) is 62.5 Å². The molecule has 230 valence electrons. The first kappa shape index (κ1) is 33.8. The molecule has 0 saturated heterocycles. The molecule has 2 aliphatic rings. The Hall–Kier alpha value is -1.69. The second-order valence-electron chi connectivity index (χ2n) is 12.4. The van der Waals surface area contributed by atoms with Crippen LogP contribution in [-0.2, 0) is 14.3 Å². The second kappa shape index (κ2) is 16.2. The molecule has 1 aromatic carbocycles. The lowest BCUT2D eigenvalue weighted by atomic mass is 9.75. The summed E-state index contributed by atoms with van der Waals surface area (Å²) >= 11 is 2.17. The average molecular weight is 685 g/mol. The van der Waals surface area contributed by atoms with Crippen LogP contribution in [0.25, 0.3) is 0 Å². The predicted octanol–water partition coefficient (Wildman–Crippen LogP) is 4.56. The van der Waals surface area contributed by atoms with E-state index in [-0.39, 0.29) is 44.1 Å². The van der Waals surface area contributed by atoms with Gasteiger partial charge in [0.2, 0.25) is 11.8 Å². The van der Waals surface area contributed by atoms with Crippen LogP contribution in [-0.4, -0.2) is 77.6 Å². The van der Waals surface area contributed by atoms with Crippen LogP contribution >= 0.6 is 22.6 Å². The first-order chi connectivity index (χ1) is 19.5. The van der Waals surface area contributed by atoms with Crippen molar-refractivity contribution in [3.05, 3.63) is 39.5 Å². The first-order valence-corrected chi connectivity index (χ1v) is 16.2. The molecule has 0 bridgehead atoms. The van der Waals surface area contributed by atoms with Gasteiger partial charge in [-0.1, -0.05) is 53.2 Å². The Balaban J connectivity index is 1.86. The van der Waals surface area contributed by atoms with Gasteiger partial charge in [0, 0.05) is 25.1 Å². The van der Waals surface area contributed by atoms with Gasteiger partial charge in [0.1, 0.15) is 24.6 Å². The molecular formula is C32H49IN2O6. The number of benzene rings is 1. The lowest BCUT2D eigenvalue weighted by Gasteiger charge is -2.41. The van der Waals surface area contributed by atoms with E-state index in [4.69, 9.17) is 9.47 Å². The Morgan fingerprint density at radius 1 is 1.17 bits per heavy atom. The highest BCUT2D eigenvalue weighted by Gasteiger charge is 2.41.